The molecule has 0 atom stereocenters. The van der Waals surface area contributed by atoms with Crippen molar-refractivity contribution in [3.8, 4) is 5.75 Å². The second-order valence-electron chi connectivity index (χ2n) is 5.59. The van der Waals surface area contributed by atoms with Crippen LogP contribution in [-0.2, 0) is 9.59 Å². The second kappa shape index (κ2) is 12.3. The summed E-state index contributed by atoms with van der Waals surface area (Å²) in [7, 11) is 0. The van der Waals surface area contributed by atoms with Gasteiger partial charge in [0.2, 0.25) is 0 Å². The van der Waals surface area contributed by atoms with E-state index in [0.29, 0.717) is 12.5 Å². The zero-order valence-corrected chi connectivity index (χ0v) is 14.5. The van der Waals surface area contributed by atoms with Gasteiger partial charge in [0, 0.05) is 13.1 Å². The lowest BCUT2D eigenvalue weighted by molar-refractivity contribution is -0.159. The highest BCUT2D eigenvalue weighted by atomic mass is 16.5. The number of hydrogen-bond acceptors (Lipinski definition) is 5. The molecule has 0 heterocycles. The van der Waals surface area contributed by atoms with Crippen LogP contribution < -0.4 is 15.8 Å². The summed E-state index contributed by atoms with van der Waals surface area (Å²) in [5.41, 5.74) is 8.00. The summed E-state index contributed by atoms with van der Waals surface area (Å²) in [4.78, 5) is 18.2. The molecule has 1 aromatic rings. The van der Waals surface area contributed by atoms with Crippen LogP contribution in [0.5, 0.6) is 5.75 Å². The molecule has 0 aromatic heterocycles. The standard InChI is InChI=1S/C15H26N2O.C2H2O4/c1-12(2)14-9-13(3)10-15(11-14)18-8-4-6-17-7-5-16;3-1(4)2(5)6/h9-12,17H,4-8,16H2,1-3H3;(H,3,4)(H,5,6). The molecule has 7 nitrogen and oxygen atoms in total. The lowest BCUT2D eigenvalue weighted by Gasteiger charge is -2.12. The third-order valence-electron chi connectivity index (χ3n) is 3.01. The third kappa shape index (κ3) is 10.6. The minimum atomic E-state index is -1.82. The van der Waals surface area contributed by atoms with Crippen molar-refractivity contribution in [3.63, 3.8) is 0 Å². The minimum absolute atomic E-state index is 0.540. The third-order valence-corrected chi connectivity index (χ3v) is 3.01. The molecule has 0 bridgehead atoms. The van der Waals surface area contributed by atoms with Crippen LogP contribution >= 0.6 is 0 Å². The Morgan fingerprint density at radius 1 is 1.17 bits per heavy atom. The molecule has 0 aliphatic rings. The predicted octanol–water partition coefficient (Wildman–Crippen LogP) is 1.59. The lowest BCUT2D eigenvalue weighted by Crippen LogP contribution is -2.24. The molecule has 0 unspecified atom stereocenters. The summed E-state index contributed by atoms with van der Waals surface area (Å²) in [6.07, 6.45) is 1.00. The fourth-order valence-electron chi connectivity index (χ4n) is 1.81. The van der Waals surface area contributed by atoms with Gasteiger partial charge in [0.25, 0.3) is 0 Å². The summed E-state index contributed by atoms with van der Waals surface area (Å²) in [6.45, 7) is 9.79. The number of nitrogens with one attached hydrogen (secondary N) is 1. The monoisotopic (exact) mass is 340 g/mol. The first-order valence-electron chi connectivity index (χ1n) is 7.89. The Bertz CT molecular complexity index is 506. The van der Waals surface area contributed by atoms with Crippen LogP contribution in [0.15, 0.2) is 18.2 Å². The molecule has 0 amide bonds. The van der Waals surface area contributed by atoms with E-state index in [1.165, 1.54) is 11.1 Å². The first-order chi connectivity index (χ1) is 11.3. The van der Waals surface area contributed by atoms with Crippen LogP contribution in [0.1, 0.15) is 37.3 Å². The van der Waals surface area contributed by atoms with Crippen LogP contribution in [0.25, 0.3) is 0 Å². The molecular formula is C17H28N2O5. The molecule has 0 radical (unpaired) electrons. The van der Waals surface area contributed by atoms with Gasteiger partial charge in [-0.2, -0.15) is 0 Å². The zero-order valence-electron chi connectivity index (χ0n) is 14.5. The highest BCUT2D eigenvalue weighted by Crippen LogP contribution is 2.22. The molecule has 1 aromatic carbocycles. The van der Waals surface area contributed by atoms with E-state index in [2.05, 4.69) is 44.3 Å². The maximum absolute atomic E-state index is 9.10. The quantitative estimate of drug-likeness (QED) is 0.419. The number of carboxylic acids is 2. The summed E-state index contributed by atoms with van der Waals surface area (Å²) in [5.74, 6) is -2.12. The highest BCUT2D eigenvalue weighted by Gasteiger charge is 2.04. The van der Waals surface area contributed by atoms with Gasteiger partial charge in [-0.25, -0.2) is 9.59 Å². The predicted molar refractivity (Wildman–Crippen MR) is 92.6 cm³/mol. The van der Waals surface area contributed by atoms with Gasteiger partial charge in [0.05, 0.1) is 6.61 Å². The van der Waals surface area contributed by atoms with Crippen LogP contribution in [0, 0.1) is 6.92 Å². The number of aliphatic carboxylic acids is 2. The van der Waals surface area contributed by atoms with Crippen molar-refractivity contribution in [3.05, 3.63) is 29.3 Å². The number of aryl methyl sites for hydroxylation is 1. The van der Waals surface area contributed by atoms with Crippen molar-refractivity contribution in [2.75, 3.05) is 26.2 Å². The summed E-state index contributed by atoms with van der Waals surface area (Å²) < 4.78 is 5.79. The summed E-state index contributed by atoms with van der Waals surface area (Å²) >= 11 is 0. The summed E-state index contributed by atoms with van der Waals surface area (Å²) in [5, 5.41) is 18.0. The van der Waals surface area contributed by atoms with Crippen molar-refractivity contribution >= 4 is 11.9 Å². The molecule has 7 heteroatoms. The molecule has 0 saturated carbocycles. The van der Waals surface area contributed by atoms with E-state index in [1.54, 1.807) is 0 Å². The number of benzene rings is 1. The molecule has 136 valence electrons. The Kier molecular flexibility index (Phi) is 11.2. The molecule has 1 rings (SSSR count). The van der Waals surface area contributed by atoms with Gasteiger partial charge < -0.3 is 26.0 Å². The van der Waals surface area contributed by atoms with E-state index >= 15 is 0 Å². The Morgan fingerprint density at radius 2 is 1.79 bits per heavy atom. The van der Waals surface area contributed by atoms with Gasteiger partial charge >= 0.3 is 11.9 Å². The number of ether oxygens (including phenoxy) is 1. The Morgan fingerprint density at radius 3 is 2.29 bits per heavy atom. The Balaban J connectivity index is 0.000000754. The van der Waals surface area contributed by atoms with Crippen molar-refractivity contribution in [1.29, 1.82) is 0 Å². The molecular weight excluding hydrogens is 312 g/mol. The average molecular weight is 340 g/mol. The average Bonchev–Trinajstić information content (AvgIpc) is 2.50. The normalized spacial score (nSPS) is 10.0. The first kappa shape index (κ1) is 21.9. The number of carboxylic acid groups (broad SMARTS) is 2. The zero-order chi connectivity index (χ0) is 18.5. The second-order valence-corrected chi connectivity index (χ2v) is 5.59. The maximum atomic E-state index is 9.10. The van der Waals surface area contributed by atoms with Crippen LogP contribution in [0.3, 0.4) is 0 Å². The van der Waals surface area contributed by atoms with Gasteiger partial charge in [-0.3, -0.25) is 0 Å². The Hall–Kier alpha value is -2.12. The number of carbonyl (C=O) groups is 2. The van der Waals surface area contributed by atoms with E-state index in [0.717, 1.165) is 31.9 Å². The lowest BCUT2D eigenvalue weighted by atomic mass is 10.0. The van der Waals surface area contributed by atoms with Gasteiger partial charge in [-0.15, -0.1) is 0 Å². The van der Waals surface area contributed by atoms with Crippen molar-refractivity contribution in [2.45, 2.75) is 33.1 Å². The smallest absolute Gasteiger partial charge is 0.414 e. The minimum Gasteiger partial charge on any atom is -0.494 e. The first-order valence-corrected chi connectivity index (χ1v) is 7.89. The summed E-state index contributed by atoms with van der Waals surface area (Å²) in [6, 6.07) is 6.46. The largest absolute Gasteiger partial charge is 0.494 e. The van der Waals surface area contributed by atoms with Gasteiger partial charge in [-0.05, 0) is 49.1 Å². The van der Waals surface area contributed by atoms with Gasteiger partial charge in [0.1, 0.15) is 5.75 Å². The molecule has 0 aliphatic heterocycles. The SMILES string of the molecule is Cc1cc(OCCCNCCN)cc(C(C)C)c1.O=C(O)C(=O)O. The van der Waals surface area contributed by atoms with Crippen molar-refractivity contribution in [2.24, 2.45) is 5.73 Å². The fraction of sp³-hybridized carbons (Fsp3) is 0.529. The van der Waals surface area contributed by atoms with E-state index in [4.69, 9.17) is 30.3 Å². The highest BCUT2D eigenvalue weighted by molar-refractivity contribution is 6.27. The molecule has 5 N–H and O–H groups in total. The van der Waals surface area contributed by atoms with Crippen LogP contribution in [0.4, 0.5) is 0 Å². The fourth-order valence-corrected chi connectivity index (χ4v) is 1.81. The van der Waals surface area contributed by atoms with E-state index in [-0.39, 0.29) is 0 Å². The van der Waals surface area contributed by atoms with Crippen molar-refractivity contribution in [1.82, 2.24) is 5.32 Å². The molecule has 24 heavy (non-hydrogen) atoms. The number of nitrogens with two attached hydrogens (primary N) is 1. The molecule has 0 fully saturated rings. The number of hydrogen-bond donors (Lipinski definition) is 4. The number of rotatable bonds is 8. The van der Waals surface area contributed by atoms with Crippen LogP contribution in [-0.4, -0.2) is 48.4 Å². The molecule has 0 aliphatic carbocycles. The topological polar surface area (TPSA) is 122 Å². The Labute approximate surface area is 142 Å². The van der Waals surface area contributed by atoms with Gasteiger partial charge in [0.15, 0.2) is 0 Å². The maximum Gasteiger partial charge on any atom is 0.414 e. The van der Waals surface area contributed by atoms with E-state index in [1.807, 2.05) is 0 Å². The molecule has 0 saturated heterocycles. The van der Waals surface area contributed by atoms with E-state index < -0.39 is 11.9 Å². The van der Waals surface area contributed by atoms with Crippen molar-refractivity contribution < 1.29 is 24.5 Å². The van der Waals surface area contributed by atoms with Gasteiger partial charge in [-0.1, -0.05) is 19.9 Å². The van der Waals surface area contributed by atoms with E-state index in [9.17, 15) is 0 Å². The van der Waals surface area contributed by atoms with Crippen LogP contribution in [0.2, 0.25) is 0 Å². The molecule has 0 spiro atoms.